The van der Waals surface area contributed by atoms with Crippen LogP contribution in [0.4, 0.5) is 0 Å². The minimum Gasteiger partial charge on any atom is -0.327 e. The molecule has 0 aromatic rings. The van der Waals surface area contributed by atoms with E-state index in [1.165, 1.54) is 5.12 Å². The number of hydrogen-bond donors (Lipinski definition) is 3. The molecular formula is C5H11N5. The van der Waals surface area contributed by atoms with Gasteiger partial charge in [0.25, 0.3) is 0 Å². The molecule has 5 heteroatoms. The first-order valence-corrected chi connectivity index (χ1v) is 3.05. The van der Waals surface area contributed by atoms with Gasteiger partial charge in [-0.05, 0) is 6.08 Å². The Morgan fingerprint density at radius 1 is 1.70 bits per heavy atom. The summed E-state index contributed by atoms with van der Waals surface area (Å²) in [6, 6.07) is 0. The largest absolute Gasteiger partial charge is 0.327 e. The summed E-state index contributed by atoms with van der Waals surface area (Å²) in [4.78, 5) is 0. The highest BCUT2D eigenvalue weighted by Crippen LogP contribution is 1.90. The van der Waals surface area contributed by atoms with Crippen molar-refractivity contribution in [3.8, 4) is 0 Å². The molecular weight excluding hydrogens is 130 g/mol. The summed E-state index contributed by atoms with van der Waals surface area (Å²) < 4.78 is 0. The molecule has 10 heavy (non-hydrogen) atoms. The molecule has 0 saturated carbocycles. The van der Waals surface area contributed by atoms with E-state index in [2.05, 4.69) is 10.5 Å². The van der Waals surface area contributed by atoms with Crippen LogP contribution in [0.15, 0.2) is 17.4 Å². The monoisotopic (exact) mass is 141 g/mol. The number of hydrazine groups is 1. The Hall–Kier alpha value is -1.07. The fourth-order valence-corrected chi connectivity index (χ4v) is 0.587. The second kappa shape index (κ2) is 3.19. The van der Waals surface area contributed by atoms with Gasteiger partial charge in [-0.3, -0.25) is 5.43 Å². The van der Waals surface area contributed by atoms with E-state index in [-0.39, 0.29) is 6.17 Å². The van der Waals surface area contributed by atoms with Crippen molar-refractivity contribution in [2.75, 3.05) is 6.54 Å². The van der Waals surface area contributed by atoms with Crippen molar-refractivity contribution < 1.29 is 0 Å². The summed E-state index contributed by atoms with van der Waals surface area (Å²) in [5.41, 5.74) is 13.7. The van der Waals surface area contributed by atoms with Gasteiger partial charge in [0, 0.05) is 12.7 Å². The fourth-order valence-electron chi connectivity index (χ4n) is 0.587. The van der Waals surface area contributed by atoms with Crippen LogP contribution in [0.1, 0.15) is 0 Å². The summed E-state index contributed by atoms with van der Waals surface area (Å²) >= 11 is 0. The van der Waals surface area contributed by atoms with Crippen LogP contribution in [0, 0.1) is 0 Å². The van der Waals surface area contributed by atoms with Gasteiger partial charge in [0.2, 0.25) is 0 Å². The highest BCUT2D eigenvalue weighted by molar-refractivity contribution is 5.71. The Morgan fingerprint density at radius 2 is 2.50 bits per heavy atom. The standard InChI is InChI=1S/C5H11N5/c6-4-5(7)10-8-2-1-3-9-10/h1-3,5,8H,4,6-7H2. The molecule has 0 aromatic heterocycles. The number of hydrogen-bond acceptors (Lipinski definition) is 5. The van der Waals surface area contributed by atoms with E-state index in [4.69, 9.17) is 11.5 Å². The van der Waals surface area contributed by atoms with Crippen LogP contribution in [0.5, 0.6) is 0 Å². The molecule has 1 rings (SSSR count). The van der Waals surface area contributed by atoms with Gasteiger partial charge < -0.3 is 11.5 Å². The summed E-state index contributed by atoms with van der Waals surface area (Å²) in [6.07, 6.45) is 4.90. The van der Waals surface area contributed by atoms with Crippen molar-refractivity contribution in [2.45, 2.75) is 6.17 Å². The second-order valence-corrected chi connectivity index (χ2v) is 1.90. The first-order chi connectivity index (χ1) is 4.84. The molecule has 5 N–H and O–H groups in total. The van der Waals surface area contributed by atoms with Gasteiger partial charge in [0.05, 0.1) is 6.21 Å². The van der Waals surface area contributed by atoms with Crippen molar-refractivity contribution in [1.29, 1.82) is 0 Å². The predicted molar refractivity (Wildman–Crippen MR) is 39.6 cm³/mol. The highest BCUT2D eigenvalue weighted by atomic mass is 15.7. The van der Waals surface area contributed by atoms with E-state index in [1.54, 1.807) is 18.5 Å². The molecule has 1 unspecified atom stereocenters. The van der Waals surface area contributed by atoms with Crippen molar-refractivity contribution in [3.05, 3.63) is 12.3 Å². The maximum Gasteiger partial charge on any atom is 0.129 e. The zero-order valence-electron chi connectivity index (χ0n) is 5.57. The van der Waals surface area contributed by atoms with E-state index in [1.807, 2.05) is 0 Å². The van der Waals surface area contributed by atoms with Crippen LogP contribution in [0.3, 0.4) is 0 Å². The topological polar surface area (TPSA) is 79.7 Å². The van der Waals surface area contributed by atoms with E-state index in [9.17, 15) is 0 Å². The third-order valence-electron chi connectivity index (χ3n) is 1.14. The minimum absolute atomic E-state index is 0.263. The van der Waals surface area contributed by atoms with Crippen molar-refractivity contribution in [2.24, 2.45) is 16.6 Å². The summed E-state index contributed by atoms with van der Waals surface area (Å²) in [6.45, 7) is 0.373. The summed E-state index contributed by atoms with van der Waals surface area (Å²) in [5, 5.41) is 5.41. The first kappa shape index (κ1) is 7.04. The molecule has 1 atom stereocenters. The van der Waals surface area contributed by atoms with Crippen molar-refractivity contribution in [1.82, 2.24) is 10.5 Å². The molecule has 0 aromatic carbocycles. The predicted octanol–water partition coefficient (Wildman–Crippen LogP) is -1.45. The van der Waals surface area contributed by atoms with Crippen molar-refractivity contribution in [3.63, 3.8) is 0 Å². The average molecular weight is 141 g/mol. The molecule has 0 radical (unpaired) electrons. The Labute approximate surface area is 59.3 Å². The molecule has 0 saturated heterocycles. The van der Waals surface area contributed by atoms with Gasteiger partial charge in [0.15, 0.2) is 0 Å². The summed E-state index contributed by atoms with van der Waals surface area (Å²) in [7, 11) is 0. The molecule has 0 amide bonds. The van der Waals surface area contributed by atoms with E-state index >= 15 is 0 Å². The molecule has 1 heterocycles. The maximum atomic E-state index is 5.54. The van der Waals surface area contributed by atoms with Crippen molar-refractivity contribution >= 4 is 6.21 Å². The number of rotatable bonds is 2. The number of hydrazone groups is 1. The lowest BCUT2D eigenvalue weighted by atomic mass is 10.5. The molecule has 0 spiro atoms. The second-order valence-electron chi connectivity index (χ2n) is 1.90. The van der Waals surface area contributed by atoms with Crippen LogP contribution in [-0.4, -0.2) is 24.0 Å². The van der Waals surface area contributed by atoms with Gasteiger partial charge in [0.1, 0.15) is 6.17 Å². The Morgan fingerprint density at radius 3 is 3.00 bits per heavy atom. The molecule has 1 aliphatic rings. The molecule has 56 valence electrons. The van der Waals surface area contributed by atoms with E-state index in [0.29, 0.717) is 6.54 Å². The lowest BCUT2D eigenvalue weighted by molar-refractivity contribution is 0.164. The average Bonchev–Trinajstić information content (AvgIpc) is 2.05. The molecule has 1 aliphatic heterocycles. The number of nitrogens with zero attached hydrogens (tertiary/aromatic N) is 2. The molecule has 0 bridgehead atoms. The molecule has 0 aliphatic carbocycles. The lowest BCUT2D eigenvalue weighted by Crippen LogP contribution is -2.49. The van der Waals surface area contributed by atoms with Crippen LogP contribution >= 0.6 is 0 Å². The number of nitrogens with two attached hydrogens (primary N) is 2. The normalized spacial score (nSPS) is 18.8. The van der Waals surface area contributed by atoms with Gasteiger partial charge in [-0.1, -0.05) is 0 Å². The van der Waals surface area contributed by atoms with Crippen LogP contribution < -0.4 is 16.9 Å². The summed E-state index contributed by atoms with van der Waals surface area (Å²) in [5.74, 6) is 0. The Bertz CT molecular complexity index is 152. The quantitative estimate of drug-likeness (QED) is 0.439. The SMILES string of the molecule is NCC(N)N1N=CC=CN1. The zero-order chi connectivity index (χ0) is 7.40. The van der Waals surface area contributed by atoms with Gasteiger partial charge >= 0.3 is 0 Å². The molecule has 0 fully saturated rings. The van der Waals surface area contributed by atoms with Gasteiger partial charge in [-0.2, -0.15) is 10.2 Å². The lowest BCUT2D eigenvalue weighted by Gasteiger charge is -2.25. The Balaban J connectivity index is 2.42. The van der Waals surface area contributed by atoms with E-state index < -0.39 is 0 Å². The number of allylic oxidation sites excluding steroid dienone is 1. The first-order valence-electron chi connectivity index (χ1n) is 3.05. The third-order valence-corrected chi connectivity index (χ3v) is 1.14. The molecule has 5 nitrogen and oxygen atoms in total. The smallest absolute Gasteiger partial charge is 0.129 e. The highest BCUT2D eigenvalue weighted by Gasteiger charge is 2.07. The maximum absolute atomic E-state index is 5.54. The third kappa shape index (κ3) is 1.46. The van der Waals surface area contributed by atoms with Crippen LogP contribution in [-0.2, 0) is 0 Å². The van der Waals surface area contributed by atoms with Gasteiger partial charge in [-0.15, -0.1) is 0 Å². The Kier molecular flexibility index (Phi) is 2.24. The van der Waals surface area contributed by atoms with Crippen LogP contribution in [0.2, 0.25) is 0 Å². The van der Waals surface area contributed by atoms with Gasteiger partial charge in [-0.25, -0.2) is 0 Å². The number of nitrogens with one attached hydrogen (secondary N) is 1. The van der Waals surface area contributed by atoms with Crippen LogP contribution in [0.25, 0.3) is 0 Å². The van der Waals surface area contributed by atoms with E-state index in [0.717, 1.165) is 0 Å². The fraction of sp³-hybridized carbons (Fsp3) is 0.400. The minimum atomic E-state index is -0.263. The zero-order valence-corrected chi connectivity index (χ0v) is 5.57.